The summed E-state index contributed by atoms with van der Waals surface area (Å²) in [6, 6.07) is 0. The monoisotopic (exact) mass is 222 g/mol. The Morgan fingerprint density at radius 1 is 1.00 bits per heavy atom. The smallest absolute Gasteiger partial charge is 0.292 e. The van der Waals surface area contributed by atoms with E-state index in [9.17, 15) is 31.1 Å². The van der Waals surface area contributed by atoms with E-state index in [0.717, 1.165) is 0 Å². The van der Waals surface area contributed by atoms with Crippen LogP contribution in [-0.4, -0.2) is 23.6 Å². The molecule has 1 fully saturated rings. The maximum absolute atomic E-state index is 12.0. The van der Waals surface area contributed by atoms with Crippen molar-refractivity contribution in [3.05, 3.63) is 0 Å². The molecule has 1 aliphatic carbocycles. The van der Waals surface area contributed by atoms with Crippen LogP contribution in [0.25, 0.3) is 0 Å². The summed E-state index contributed by atoms with van der Waals surface area (Å²) in [7, 11) is 0. The third-order valence-corrected chi connectivity index (χ3v) is 1.59. The molecule has 0 aromatic rings. The van der Waals surface area contributed by atoms with Gasteiger partial charge in [0.25, 0.3) is 0 Å². The average molecular weight is 222 g/mol. The zero-order valence-electron chi connectivity index (χ0n) is 7.38. The maximum atomic E-state index is 12.0. The number of carbonyl (C=O) groups excluding carboxylic acids is 1. The number of hydrogen-bond donors (Lipinski definition) is 0. The first-order valence-electron chi connectivity index (χ1n) is 3.80. The SMILES string of the molecule is CC.O=C1CC(F)(F)C(F)(F)C1(F)F. The highest BCUT2D eigenvalue weighted by molar-refractivity contribution is 5.90. The van der Waals surface area contributed by atoms with E-state index in [1.807, 2.05) is 13.8 Å². The molecule has 0 aliphatic heterocycles. The minimum absolute atomic E-state index is 2.00. The van der Waals surface area contributed by atoms with Crippen LogP contribution in [-0.2, 0) is 4.79 Å². The van der Waals surface area contributed by atoms with Crippen LogP contribution in [0.1, 0.15) is 20.3 Å². The Balaban J connectivity index is 0.000000791. The minimum Gasteiger partial charge on any atom is -0.292 e. The maximum Gasteiger partial charge on any atom is 0.379 e. The normalized spacial score (nSPS) is 26.7. The average Bonchev–Trinajstić information content (AvgIpc) is 2.14. The molecule has 0 atom stereocenters. The van der Waals surface area contributed by atoms with Gasteiger partial charge in [-0.05, 0) is 0 Å². The zero-order chi connectivity index (χ0) is 11.8. The Hall–Kier alpha value is -0.750. The van der Waals surface area contributed by atoms with E-state index in [1.54, 1.807) is 0 Å². The quantitative estimate of drug-likeness (QED) is 0.576. The largest absolute Gasteiger partial charge is 0.379 e. The third kappa shape index (κ3) is 1.48. The first kappa shape index (κ1) is 13.2. The fourth-order valence-electron chi connectivity index (χ4n) is 0.828. The molecule has 1 nitrogen and oxygen atoms in total. The van der Waals surface area contributed by atoms with Crippen molar-refractivity contribution < 1.29 is 31.1 Å². The van der Waals surface area contributed by atoms with Gasteiger partial charge in [0.15, 0.2) is 0 Å². The first-order valence-corrected chi connectivity index (χ1v) is 3.80. The van der Waals surface area contributed by atoms with Crippen LogP contribution in [0, 0.1) is 0 Å². The van der Waals surface area contributed by atoms with Crippen LogP contribution >= 0.6 is 0 Å². The Labute approximate surface area is 76.1 Å². The number of ketones is 1. The van der Waals surface area contributed by atoms with Crippen molar-refractivity contribution in [2.75, 3.05) is 0 Å². The van der Waals surface area contributed by atoms with Crippen LogP contribution in [0.2, 0.25) is 0 Å². The molecule has 0 N–H and O–H groups in total. The summed E-state index contributed by atoms with van der Waals surface area (Å²) in [6.45, 7) is 4.00. The molecule has 0 aromatic carbocycles. The van der Waals surface area contributed by atoms with Crippen molar-refractivity contribution in [2.45, 2.75) is 38.0 Å². The predicted molar refractivity (Wildman–Crippen MR) is 35.8 cm³/mol. The second-order valence-corrected chi connectivity index (χ2v) is 2.45. The van der Waals surface area contributed by atoms with Gasteiger partial charge in [-0.15, -0.1) is 0 Å². The number of halogens is 6. The topological polar surface area (TPSA) is 17.1 Å². The molecule has 0 bridgehead atoms. The van der Waals surface area contributed by atoms with Gasteiger partial charge in [0, 0.05) is 0 Å². The summed E-state index contributed by atoms with van der Waals surface area (Å²) >= 11 is 0. The van der Waals surface area contributed by atoms with E-state index in [-0.39, 0.29) is 0 Å². The van der Waals surface area contributed by atoms with E-state index < -0.39 is 30.0 Å². The number of rotatable bonds is 0. The molecule has 0 saturated heterocycles. The Morgan fingerprint density at radius 3 is 1.43 bits per heavy atom. The van der Waals surface area contributed by atoms with E-state index in [4.69, 9.17) is 0 Å². The van der Waals surface area contributed by atoms with Gasteiger partial charge in [-0.25, -0.2) is 0 Å². The van der Waals surface area contributed by atoms with Crippen LogP contribution in [0.4, 0.5) is 26.3 Å². The molecule has 0 heterocycles. The van der Waals surface area contributed by atoms with E-state index in [1.165, 1.54) is 0 Å². The fraction of sp³-hybridized carbons (Fsp3) is 0.857. The molecule has 14 heavy (non-hydrogen) atoms. The molecule has 1 saturated carbocycles. The molecular formula is C7H8F6O. The molecule has 0 radical (unpaired) electrons. The summed E-state index contributed by atoms with van der Waals surface area (Å²) in [6.07, 6.45) is -2.10. The third-order valence-electron chi connectivity index (χ3n) is 1.59. The second-order valence-electron chi connectivity index (χ2n) is 2.45. The molecule has 1 aliphatic rings. The van der Waals surface area contributed by atoms with Crippen molar-refractivity contribution >= 4 is 5.78 Å². The Morgan fingerprint density at radius 2 is 1.36 bits per heavy atom. The van der Waals surface area contributed by atoms with E-state index in [0.29, 0.717) is 0 Å². The van der Waals surface area contributed by atoms with Crippen molar-refractivity contribution in [1.82, 2.24) is 0 Å². The lowest BCUT2D eigenvalue weighted by Crippen LogP contribution is -2.48. The molecule has 7 heteroatoms. The minimum atomic E-state index is -5.56. The summed E-state index contributed by atoms with van der Waals surface area (Å²) in [5.41, 5.74) is 0. The van der Waals surface area contributed by atoms with Crippen LogP contribution in [0.15, 0.2) is 0 Å². The highest BCUT2D eigenvalue weighted by Gasteiger charge is 2.80. The molecule has 0 amide bonds. The van der Waals surface area contributed by atoms with Crippen molar-refractivity contribution in [2.24, 2.45) is 0 Å². The van der Waals surface area contributed by atoms with Crippen LogP contribution in [0.3, 0.4) is 0 Å². The Bertz CT molecular complexity index is 234. The standard InChI is InChI=1S/C5H2F6O.C2H6/c6-3(7)1-2(12)4(8,9)5(3,10)11;1-2/h1H2;1-2H3. The molecule has 0 spiro atoms. The zero-order valence-corrected chi connectivity index (χ0v) is 7.38. The van der Waals surface area contributed by atoms with Gasteiger partial charge in [-0.3, -0.25) is 4.79 Å². The van der Waals surface area contributed by atoms with Gasteiger partial charge >= 0.3 is 17.8 Å². The first-order chi connectivity index (χ1) is 6.13. The number of carbonyl (C=O) groups is 1. The van der Waals surface area contributed by atoms with Gasteiger partial charge in [-0.2, -0.15) is 26.3 Å². The van der Waals surface area contributed by atoms with Gasteiger partial charge < -0.3 is 0 Å². The van der Waals surface area contributed by atoms with E-state index in [2.05, 4.69) is 0 Å². The highest BCUT2D eigenvalue weighted by Crippen LogP contribution is 2.54. The van der Waals surface area contributed by atoms with Crippen molar-refractivity contribution in [3.63, 3.8) is 0 Å². The molecular weight excluding hydrogens is 214 g/mol. The molecule has 0 unspecified atom stereocenters. The predicted octanol–water partition coefficient (Wildman–Crippen LogP) is 2.89. The highest BCUT2D eigenvalue weighted by atomic mass is 19.3. The van der Waals surface area contributed by atoms with Gasteiger partial charge in [-0.1, -0.05) is 13.8 Å². The molecule has 84 valence electrons. The number of Topliss-reactive ketones (excluding diaryl/α,β-unsaturated/α-hetero) is 1. The summed E-state index contributed by atoms with van der Waals surface area (Å²) in [5, 5.41) is 0. The molecule has 0 aromatic heterocycles. The lowest BCUT2D eigenvalue weighted by molar-refractivity contribution is -0.266. The summed E-state index contributed by atoms with van der Waals surface area (Å²) in [4.78, 5) is 10.0. The van der Waals surface area contributed by atoms with E-state index >= 15 is 0 Å². The lowest BCUT2D eigenvalue weighted by atomic mass is 10.2. The Kier molecular flexibility index (Phi) is 3.25. The van der Waals surface area contributed by atoms with Crippen molar-refractivity contribution in [1.29, 1.82) is 0 Å². The summed E-state index contributed by atoms with van der Waals surface area (Å²) in [5.74, 6) is -18.2. The fourth-order valence-corrected chi connectivity index (χ4v) is 0.828. The number of hydrogen-bond acceptors (Lipinski definition) is 1. The lowest BCUT2D eigenvalue weighted by Gasteiger charge is -2.21. The summed E-state index contributed by atoms with van der Waals surface area (Å²) < 4.78 is 72.2. The molecule has 1 rings (SSSR count). The van der Waals surface area contributed by atoms with Crippen molar-refractivity contribution in [3.8, 4) is 0 Å². The van der Waals surface area contributed by atoms with Gasteiger partial charge in [0.05, 0.1) is 6.42 Å². The van der Waals surface area contributed by atoms with Gasteiger partial charge in [0.2, 0.25) is 5.78 Å². The number of alkyl halides is 6. The van der Waals surface area contributed by atoms with Crippen LogP contribution < -0.4 is 0 Å². The van der Waals surface area contributed by atoms with Crippen LogP contribution in [0.5, 0.6) is 0 Å². The second kappa shape index (κ2) is 3.43. The van der Waals surface area contributed by atoms with Gasteiger partial charge in [0.1, 0.15) is 0 Å².